The van der Waals surface area contributed by atoms with Crippen molar-refractivity contribution in [3.63, 3.8) is 0 Å². The van der Waals surface area contributed by atoms with E-state index in [0.717, 1.165) is 11.1 Å². The molecule has 5 nitrogen and oxygen atoms in total. The van der Waals surface area contributed by atoms with E-state index in [1.54, 1.807) is 30.3 Å². The number of halogens is 2. The molecule has 0 fully saturated rings. The molecule has 4 rings (SSSR count). The van der Waals surface area contributed by atoms with E-state index in [2.05, 4.69) is 15.5 Å². The summed E-state index contributed by atoms with van der Waals surface area (Å²) in [6, 6.07) is 21.9. The maximum Gasteiger partial charge on any atom is 0.261 e. The molecule has 1 aromatic heterocycles. The van der Waals surface area contributed by atoms with Gasteiger partial charge in [-0.25, -0.2) is 0 Å². The van der Waals surface area contributed by atoms with Gasteiger partial charge in [0.05, 0.1) is 5.56 Å². The fraction of sp³-hybridized carbons (Fsp3) is 0.0455. The van der Waals surface area contributed by atoms with Gasteiger partial charge < -0.3 is 4.74 Å². The third-order valence-electron chi connectivity index (χ3n) is 4.16. The minimum absolute atomic E-state index is 0.321. The van der Waals surface area contributed by atoms with Gasteiger partial charge in [-0.3, -0.25) is 10.1 Å². The van der Waals surface area contributed by atoms with Gasteiger partial charge in [0.1, 0.15) is 17.4 Å². The molecule has 1 N–H and O–H groups in total. The van der Waals surface area contributed by atoms with Gasteiger partial charge in [-0.1, -0.05) is 77.0 Å². The molecule has 150 valence electrons. The van der Waals surface area contributed by atoms with Crippen molar-refractivity contribution >= 4 is 45.6 Å². The first kappa shape index (κ1) is 20.3. The van der Waals surface area contributed by atoms with E-state index in [-0.39, 0.29) is 5.91 Å². The van der Waals surface area contributed by atoms with Crippen LogP contribution in [0.25, 0.3) is 10.6 Å². The molecule has 0 aliphatic heterocycles. The van der Waals surface area contributed by atoms with Crippen LogP contribution in [-0.4, -0.2) is 16.1 Å². The van der Waals surface area contributed by atoms with Crippen molar-refractivity contribution in [2.45, 2.75) is 6.61 Å². The van der Waals surface area contributed by atoms with Crippen LogP contribution in [0.3, 0.4) is 0 Å². The smallest absolute Gasteiger partial charge is 0.261 e. The second-order valence-corrected chi connectivity index (χ2v) is 8.14. The van der Waals surface area contributed by atoms with Crippen molar-refractivity contribution in [2.24, 2.45) is 0 Å². The monoisotopic (exact) mass is 455 g/mol. The largest absolute Gasteiger partial charge is 0.488 e. The summed E-state index contributed by atoms with van der Waals surface area (Å²) in [6.07, 6.45) is 0. The first-order chi connectivity index (χ1) is 14.6. The SMILES string of the molecule is O=C(Nc1nnc(-c2ccc(Cl)cc2)s1)c1cc(Cl)ccc1OCc1ccccc1. The molecule has 4 aromatic rings. The van der Waals surface area contributed by atoms with Gasteiger partial charge in [0.25, 0.3) is 5.91 Å². The van der Waals surface area contributed by atoms with Crippen molar-refractivity contribution in [2.75, 3.05) is 5.32 Å². The van der Waals surface area contributed by atoms with Gasteiger partial charge in [0.15, 0.2) is 0 Å². The predicted molar refractivity (Wildman–Crippen MR) is 121 cm³/mol. The standard InChI is InChI=1S/C22H15Cl2N3O2S/c23-16-8-6-15(7-9-16)21-26-27-22(30-21)25-20(28)18-12-17(24)10-11-19(18)29-13-14-4-2-1-3-5-14/h1-12H,13H2,(H,25,27,28). The minimum atomic E-state index is -0.376. The molecule has 30 heavy (non-hydrogen) atoms. The number of hydrogen-bond donors (Lipinski definition) is 1. The van der Waals surface area contributed by atoms with Crippen LogP contribution in [0, 0.1) is 0 Å². The van der Waals surface area contributed by atoms with Crippen LogP contribution in [-0.2, 0) is 6.61 Å². The molecule has 1 heterocycles. The van der Waals surface area contributed by atoms with Gasteiger partial charge in [0.2, 0.25) is 5.13 Å². The van der Waals surface area contributed by atoms with E-state index in [1.165, 1.54) is 11.3 Å². The van der Waals surface area contributed by atoms with Crippen LogP contribution in [0.4, 0.5) is 5.13 Å². The Morgan fingerprint density at radius 1 is 0.933 bits per heavy atom. The molecule has 0 radical (unpaired) electrons. The van der Waals surface area contributed by atoms with Gasteiger partial charge in [-0.15, -0.1) is 10.2 Å². The van der Waals surface area contributed by atoms with Crippen LogP contribution in [0.2, 0.25) is 10.0 Å². The lowest BCUT2D eigenvalue weighted by molar-refractivity contribution is 0.102. The summed E-state index contributed by atoms with van der Waals surface area (Å²) >= 11 is 13.3. The Labute approximate surface area is 187 Å². The van der Waals surface area contributed by atoms with Crippen LogP contribution >= 0.6 is 34.5 Å². The number of carbonyl (C=O) groups excluding carboxylic acids is 1. The zero-order valence-electron chi connectivity index (χ0n) is 15.5. The zero-order valence-corrected chi connectivity index (χ0v) is 17.8. The maximum absolute atomic E-state index is 12.9. The molecular weight excluding hydrogens is 441 g/mol. The lowest BCUT2D eigenvalue weighted by Crippen LogP contribution is -2.13. The van der Waals surface area contributed by atoms with Gasteiger partial charge in [-0.05, 0) is 35.9 Å². The van der Waals surface area contributed by atoms with Gasteiger partial charge in [-0.2, -0.15) is 0 Å². The minimum Gasteiger partial charge on any atom is -0.488 e. The number of hydrogen-bond acceptors (Lipinski definition) is 5. The molecule has 0 saturated carbocycles. The number of nitrogens with one attached hydrogen (secondary N) is 1. The Kier molecular flexibility index (Phi) is 6.28. The first-order valence-electron chi connectivity index (χ1n) is 8.95. The second-order valence-electron chi connectivity index (χ2n) is 6.29. The third kappa shape index (κ3) is 4.97. The normalized spacial score (nSPS) is 10.6. The van der Waals surface area contributed by atoms with Gasteiger partial charge in [0, 0.05) is 15.6 Å². The van der Waals surface area contributed by atoms with E-state index >= 15 is 0 Å². The first-order valence-corrected chi connectivity index (χ1v) is 10.5. The van der Waals surface area contributed by atoms with E-state index in [4.69, 9.17) is 27.9 Å². The van der Waals surface area contributed by atoms with Crippen LogP contribution in [0.15, 0.2) is 72.8 Å². The second kappa shape index (κ2) is 9.26. The highest BCUT2D eigenvalue weighted by Gasteiger charge is 2.16. The average molecular weight is 456 g/mol. The van der Waals surface area contributed by atoms with Crippen molar-refractivity contribution in [1.82, 2.24) is 10.2 Å². The van der Waals surface area contributed by atoms with Crippen LogP contribution in [0.1, 0.15) is 15.9 Å². The number of rotatable bonds is 6. The number of amides is 1. The summed E-state index contributed by atoms with van der Waals surface area (Å²) in [6.45, 7) is 0.336. The summed E-state index contributed by atoms with van der Waals surface area (Å²) in [7, 11) is 0. The summed E-state index contributed by atoms with van der Waals surface area (Å²) in [5.74, 6) is 0.0579. The maximum atomic E-state index is 12.9. The van der Waals surface area contributed by atoms with E-state index in [1.807, 2.05) is 42.5 Å². The summed E-state index contributed by atoms with van der Waals surface area (Å²) in [4.78, 5) is 12.9. The van der Waals surface area contributed by atoms with Gasteiger partial charge >= 0.3 is 0 Å². The Balaban J connectivity index is 1.50. The highest BCUT2D eigenvalue weighted by molar-refractivity contribution is 7.18. The molecule has 0 unspecified atom stereocenters. The predicted octanol–water partition coefficient (Wildman–Crippen LogP) is 6.34. The quantitative estimate of drug-likeness (QED) is 0.368. The molecule has 0 spiro atoms. The van der Waals surface area contributed by atoms with Crippen LogP contribution in [0.5, 0.6) is 5.75 Å². The molecule has 0 atom stereocenters. The van der Waals surface area contributed by atoms with E-state index in [0.29, 0.717) is 38.1 Å². The average Bonchev–Trinajstić information content (AvgIpc) is 3.22. The number of ether oxygens (including phenoxy) is 1. The summed E-state index contributed by atoms with van der Waals surface area (Å²) in [5.41, 5.74) is 2.18. The highest BCUT2D eigenvalue weighted by atomic mass is 35.5. The topological polar surface area (TPSA) is 64.1 Å². The third-order valence-corrected chi connectivity index (χ3v) is 5.53. The number of carbonyl (C=O) groups is 1. The van der Waals surface area contributed by atoms with E-state index < -0.39 is 0 Å². The molecule has 0 bridgehead atoms. The fourth-order valence-corrected chi connectivity index (χ4v) is 3.73. The fourth-order valence-electron chi connectivity index (χ4n) is 2.69. The van der Waals surface area contributed by atoms with E-state index in [9.17, 15) is 4.79 Å². The summed E-state index contributed by atoms with van der Waals surface area (Å²) < 4.78 is 5.86. The molecule has 0 saturated heterocycles. The molecule has 3 aromatic carbocycles. The zero-order chi connectivity index (χ0) is 20.9. The lowest BCUT2D eigenvalue weighted by Gasteiger charge is -2.11. The van der Waals surface area contributed by atoms with Crippen molar-refractivity contribution < 1.29 is 9.53 Å². The Hall–Kier alpha value is -2.93. The Bertz CT molecular complexity index is 1160. The molecule has 0 aliphatic carbocycles. The van der Waals surface area contributed by atoms with Crippen LogP contribution < -0.4 is 10.1 Å². The number of nitrogens with zero attached hydrogens (tertiary/aromatic N) is 2. The van der Waals surface area contributed by atoms with Crippen molar-refractivity contribution in [1.29, 1.82) is 0 Å². The number of benzene rings is 3. The van der Waals surface area contributed by atoms with Crippen molar-refractivity contribution in [3.05, 3.63) is 94.0 Å². The summed E-state index contributed by atoms with van der Waals surface area (Å²) in [5, 5.41) is 13.1. The Morgan fingerprint density at radius 2 is 1.67 bits per heavy atom. The van der Waals surface area contributed by atoms with Crippen molar-refractivity contribution in [3.8, 4) is 16.3 Å². The Morgan fingerprint density at radius 3 is 2.43 bits per heavy atom. The molecule has 0 aliphatic rings. The highest BCUT2D eigenvalue weighted by Crippen LogP contribution is 2.29. The molecule has 1 amide bonds. The lowest BCUT2D eigenvalue weighted by atomic mass is 10.2. The molecule has 8 heteroatoms. The number of aromatic nitrogens is 2. The molecular formula is C22H15Cl2N3O2S. The number of anilines is 1.